The summed E-state index contributed by atoms with van der Waals surface area (Å²) >= 11 is 3.28. The van der Waals surface area contributed by atoms with E-state index in [1.807, 2.05) is 13.0 Å². The molecule has 1 aromatic carbocycles. The van der Waals surface area contributed by atoms with Crippen LogP contribution in [-0.2, 0) is 14.3 Å². The highest BCUT2D eigenvalue weighted by molar-refractivity contribution is 9.10. The van der Waals surface area contributed by atoms with E-state index in [1.54, 1.807) is 19.1 Å². The van der Waals surface area contributed by atoms with Crippen LogP contribution < -0.4 is 5.32 Å². The second kappa shape index (κ2) is 5.65. The highest BCUT2D eigenvalue weighted by atomic mass is 79.9. The molecule has 0 saturated heterocycles. The molecule has 0 spiro atoms. The summed E-state index contributed by atoms with van der Waals surface area (Å²) < 4.78 is 5.30. The number of esters is 1. The molecule has 16 heavy (non-hydrogen) atoms. The molecule has 0 aliphatic carbocycles. The van der Waals surface area contributed by atoms with Gasteiger partial charge in [0.1, 0.15) is 0 Å². The van der Waals surface area contributed by atoms with Gasteiger partial charge in [0.2, 0.25) is 0 Å². The lowest BCUT2D eigenvalue weighted by atomic mass is 10.2. The molecule has 0 bridgehead atoms. The maximum absolute atomic E-state index is 11.4. The predicted molar refractivity (Wildman–Crippen MR) is 64.1 cm³/mol. The number of ether oxygens (including phenoxy) is 1. The number of aryl methyl sites for hydroxylation is 1. The van der Waals surface area contributed by atoms with Crippen LogP contribution in [0, 0.1) is 6.92 Å². The Morgan fingerprint density at radius 2 is 2.12 bits per heavy atom. The van der Waals surface area contributed by atoms with Gasteiger partial charge >= 0.3 is 11.9 Å². The first-order valence-electron chi connectivity index (χ1n) is 4.79. The SMILES string of the molecule is CCOC(=O)C(=O)Nc1cc(C)ccc1Br. The zero-order valence-corrected chi connectivity index (χ0v) is 10.6. The van der Waals surface area contributed by atoms with E-state index in [1.165, 1.54) is 0 Å². The minimum absolute atomic E-state index is 0.182. The molecule has 1 amide bonds. The van der Waals surface area contributed by atoms with Crippen molar-refractivity contribution in [2.75, 3.05) is 11.9 Å². The standard InChI is InChI=1S/C11H12BrNO3/c1-3-16-11(15)10(14)13-9-6-7(2)4-5-8(9)12/h4-6H,3H2,1-2H3,(H,13,14). The molecule has 0 aliphatic rings. The number of carbonyl (C=O) groups excluding carboxylic acids is 2. The summed E-state index contributed by atoms with van der Waals surface area (Å²) in [4.78, 5) is 22.5. The van der Waals surface area contributed by atoms with Gasteiger partial charge in [-0.15, -0.1) is 0 Å². The smallest absolute Gasteiger partial charge is 0.397 e. The third-order valence-electron chi connectivity index (χ3n) is 1.83. The summed E-state index contributed by atoms with van der Waals surface area (Å²) in [6.07, 6.45) is 0. The number of hydrogen-bond donors (Lipinski definition) is 1. The average molecular weight is 286 g/mol. The fourth-order valence-corrected chi connectivity index (χ4v) is 1.45. The van der Waals surface area contributed by atoms with Crippen molar-refractivity contribution in [3.8, 4) is 0 Å². The van der Waals surface area contributed by atoms with Crippen molar-refractivity contribution in [3.05, 3.63) is 28.2 Å². The molecule has 0 aromatic heterocycles. The quantitative estimate of drug-likeness (QED) is 0.670. The third-order valence-corrected chi connectivity index (χ3v) is 2.52. The maximum atomic E-state index is 11.4. The summed E-state index contributed by atoms with van der Waals surface area (Å²) in [6.45, 7) is 3.72. The summed E-state index contributed by atoms with van der Waals surface area (Å²) in [5.74, 6) is -1.65. The van der Waals surface area contributed by atoms with Crippen molar-refractivity contribution >= 4 is 33.5 Å². The molecule has 1 N–H and O–H groups in total. The van der Waals surface area contributed by atoms with E-state index < -0.39 is 11.9 Å². The first-order chi connectivity index (χ1) is 7.54. The van der Waals surface area contributed by atoms with Crippen LogP contribution in [0.4, 0.5) is 5.69 Å². The number of carbonyl (C=O) groups is 2. The van der Waals surface area contributed by atoms with Gasteiger partial charge in [0, 0.05) is 4.47 Å². The highest BCUT2D eigenvalue weighted by Gasteiger charge is 2.15. The van der Waals surface area contributed by atoms with E-state index in [0.29, 0.717) is 5.69 Å². The molecule has 0 radical (unpaired) electrons. The number of amides is 1. The number of rotatable bonds is 2. The van der Waals surface area contributed by atoms with E-state index >= 15 is 0 Å². The van der Waals surface area contributed by atoms with Crippen LogP contribution in [-0.4, -0.2) is 18.5 Å². The van der Waals surface area contributed by atoms with E-state index in [4.69, 9.17) is 0 Å². The van der Waals surface area contributed by atoms with Crippen LogP contribution in [0.25, 0.3) is 0 Å². The Bertz CT molecular complexity index is 418. The summed E-state index contributed by atoms with van der Waals surface area (Å²) in [7, 11) is 0. The van der Waals surface area contributed by atoms with Crippen LogP contribution in [0.2, 0.25) is 0 Å². The predicted octanol–water partition coefficient (Wildman–Crippen LogP) is 2.26. The Labute approximate surface area is 102 Å². The summed E-state index contributed by atoms with van der Waals surface area (Å²) in [6, 6.07) is 5.46. The number of benzene rings is 1. The van der Waals surface area contributed by atoms with Crippen LogP contribution in [0.3, 0.4) is 0 Å². The van der Waals surface area contributed by atoms with Gasteiger partial charge in [0.15, 0.2) is 0 Å². The molecular formula is C11H12BrNO3. The lowest BCUT2D eigenvalue weighted by Gasteiger charge is -2.07. The van der Waals surface area contributed by atoms with Crippen molar-refractivity contribution in [2.24, 2.45) is 0 Å². The Morgan fingerprint density at radius 1 is 1.44 bits per heavy atom. The lowest BCUT2D eigenvalue weighted by Crippen LogP contribution is -2.25. The van der Waals surface area contributed by atoms with Crippen molar-refractivity contribution in [2.45, 2.75) is 13.8 Å². The van der Waals surface area contributed by atoms with Gasteiger partial charge in [0.25, 0.3) is 0 Å². The Hall–Kier alpha value is -1.36. The van der Waals surface area contributed by atoms with Crippen LogP contribution in [0.5, 0.6) is 0 Å². The molecule has 0 fully saturated rings. The topological polar surface area (TPSA) is 55.4 Å². The van der Waals surface area contributed by atoms with E-state index in [9.17, 15) is 9.59 Å². The second-order valence-corrected chi connectivity index (χ2v) is 4.01. The highest BCUT2D eigenvalue weighted by Crippen LogP contribution is 2.23. The molecular weight excluding hydrogens is 274 g/mol. The van der Waals surface area contributed by atoms with E-state index in [-0.39, 0.29) is 6.61 Å². The molecule has 0 unspecified atom stereocenters. The number of hydrogen-bond acceptors (Lipinski definition) is 3. The van der Waals surface area contributed by atoms with Crippen molar-refractivity contribution in [1.82, 2.24) is 0 Å². The Morgan fingerprint density at radius 3 is 2.75 bits per heavy atom. The number of halogens is 1. The zero-order chi connectivity index (χ0) is 12.1. The normalized spacial score (nSPS) is 9.69. The third kappa shape index (κ3) is 3.34. The molecule has 1 aromatic rings. The second-order valence-electron chi connectivity index (χ2n) is 3.16. The fourth-order valence-electron chi connectivity index (χ4n) is 1.10. The van der Waals surface area contributed by atoms with E-state index in [0.717, 1.165) is 10.0 Å². The van der Waals surface area contributed by atoms with Gasteiger partial charge < -0.3 is 10.1 Å². The Kier molecular flexibility index (Phi) is 4.49. The average Bonchev–Trinajstić information content (AvgIpc) is 2.23. The van der Waals surface area contributed by atoms with E-state index in [2.05, 4.69) is 26.0 Å². The molecule has 0 heterocycles. The molecule has 5 heteroatoms. The van der Waals surface area contributed by atoms with Crippen molar-refractivity contribution in [3.63, 3.8) is 0 Å². The van der Waals surface area contributed by atoms with Crippen LogP contribution in [0.15, 0.2) is 22.7 Å². The largest absolute Gasteiger partial charge is 0.459 e. The van der Waals surface area contributed by atoms with Gasteiger partial charge in [-0.3, -0.25) is 4.79 Å². The fraction of sp³-hybridized carbons (Fsp3) is 0.273. The minimum Gasteiger partial charge on any atom is -0.459 e. The van der Waals surface area contributed by atoms with Gasteiger partial charge in [-0.25, -0.2) is 4.79 Å². The first-order valence-corrected chi connectivity index (χ1v) is 5.58. The summed E-state index contributed by atoms with van der Waals surface area (Å²) in [5.41, 5.74) is 1.54. The van der Waals surface area contributed by atoms with Crippen molar-refractivity contribution in [1.29, 1.82) is 0 Å². The molecule has 0 atom stereocenters. The van der Waals surface area contributed by atoms with Gasteiger partial charge in [-0.1, -0.05) is 6.07 Å². The Balaban J connectivity index is 2.76. The van der Waals surface area contributed by atoms with Gasteiger partial charge in [-0.2, -0.15) is 0 Å². The van der Waals surface area contributed by atoms with Crippen molar-refractivity contribution < 1.29 is 14.3 Å². The van der Waals surface area contributed by atoms with Crippen LogP contribution >= 0.6 is 15.9 Å². The van der Waals surface area contributed by atoms with Gasteiger partial charge in [0.05, 0.1) is 12.3 Å². The minimum atomic E-state index is -0.879. The number of nitrogens with one attached hydrogen (secondary N) is 1. The number of anilines is 1. The zero-order valence-electron chi connectivity index (χ0n) is 9.04. The lowest BCUT2D eigenvalue weighted by molar-refractivity contribution is -0.152. The summed E-state index contributed by atoms with van der Waals surface area (Å²) in [5, 5.41) is 2.48. The molecule has 86 valence electrons. The molecule has 0 saturated carbocycles. The molecule has 4 nitrogen and oxygen atoms in total. The maximum Gasteiger partial charge on any atom is 0.397 e. The van der Waals surface area contributed by atoms with Gasteiger partial charge in [-0.05, 0) is 47.5 Å². The van der Waals surface area contributed by atoms with Crippen LogP contribution in [0.1, 0.15) is 12.5 Å². The molecule has 1 rings (SSSR count). The first kappa shape index (κ1) is 12.7. The monoisotopic (exact) mass is 285 g/mol. The molecule has 0 aliphatic heterocycles.